The minimum Gasteiger partial charge on any atom is -0.497 e. The zero-order chi connectivity index (χ0) is 21.9. The Balaban J connectivity index is 0.00000363. The highest BCUT2D eigenvalue weighted by Gasteiger charge is 2.21. The molecule has 1 fully saturated rings. The maximum Gasteiger partial charge on any atom is 0.226 e. The quantitative estimate of drug-likeness (QED) is 0.203. The Labute approximate surface area is 208 Å². The number of benzene rings is 1. The van der Waals surface area contributed by atoms with E-state index in [0.29, 0.717) is 17.8 Å². The SMILES string of the molecule is CCOC1CCN(C(=NC)NCCCCCc2nc(-c3ccc(OC)cc3)no2)CC1.I. The van der Waals surface area contributed by atoms with Crippen LogP contribution in [0, 0.1) is 0 Å². The van der Waals surface area contributed by atoms with Crippen LogP contribution in [-0.2, 0) is 11.2 Å². The van der Waals surface area contributed by atoms with Crippen LogP contribution in [0.15, 0.2) is 33.8 Å². The van der Waals surface area contributed by atoms with Crippen molar-refractivity contribution < 1.29 is 14.0 Å². The van der Waals surface area contributed by atoms with Crippen LogP contribution in [0.4, 0.5) is 0 Å². The van der Waals surface area contributed by atoms with E-state index in [1.54, 1.807) is 7.11 Å². The van der Waals surface area contributed by atoms with Crippen molar-refractivity contribution in [1.82, 2.24) is 20.4 Å². The third kappa shape index (κ3) is 7.91. The molecule has 2 heterocycles. The highest BCUT2D eigenvalue weighted by atomic mass is 127. The second-order valence-electron chi connectivity index (χ2n) is 7.67. The Kier molecular flexibility index (Phi) is 11.8. The number of halogens is 1. The summed E-state index contributed by atoms with van der Waals surface area (Å²) < 4.78 is 16.3. The first-order chi connectivity index (χ1) is 15.2. The van der Waals surface area contributed by atoms with Gasteiger partial charge >= 0.3 is 0 Å². The fraction of sp³-hybridized carbons (Fsp3) is 0.609. The topological polar surface area (TPSA) is 85.0 Å². The Morgan fingerprint density at radius 3 is 2.59 bits per heavy atom. The first-order valence-corrected chi connectivity index (χ1v) is 11.3. The minimum atomic E-state index is 0. The van der Waals surface area contributed by atoms with Crippen LogP contribution >= 0.6 is 24.0 Å². The van der Waals surface area contributed by atoms with Gasteiger partial charge in [0.2, 0.25) is 11.7 Å². The van der Waals surface area contributed by atoms with Gasteiger partial charge in [-0.05, 0) is 56.9 Å². The van der Waals surface area contributed by atoms with Crippen LogP contribution in [0.1, 0.15) is 44.9 Å². The van der Waals surface area contributed by atoms with Gasteiger partial charge < -0.3 is 24.2 Å². The van der Waals surface area contributed by atoms with Crippen molar-refractivity contribution in [2.24, 2.45) is 4.99 Å². The maximum atomic E-state index is 5.73. The highest BCUT2D eigenvalue weighted by molar-refractivity contribution is 14.0. The first-order valence-electron chi connectivity index (χ1n) is 11.3. The molecule has 0 unspecified atom stereocenters. The van der Waals surface area contributed by atoms with E-state index in [4.69, 9.17) is 14.0 Å². The van der Waals surface area contributed by atoms with Crippen LogP contribution < -0.4 is 10.1 Å². The Bertz CT molecular complexity index is 804. The number of aliphatic imine (C=N–C) groups is 1. The summed E-state index contributed by atoms with van der Waals surface area (Å²) in [6, 6.07) is 7.66. The standard InChI is InChI=1S/C23H35N5O3.HI/c1-4-30-20-13-16-28(17-14-20)23(24-2)25-15-7-5-6-8-21-26-22(27-31-21)18-9-11-19(29-3)12-10-18;/h9-12,20H,4-8,13-17H2,1-3H3,(H,24,25);1H. The van der Waals surface area contributed by atoms with Gasteiger partial charge in [0.25, 0.3) is 0 Å². The van der Waals surface area contributed by atoms with Gasteiger partial charge in [-0.25, -0.2) is 0 Å². The summed E-state index contributed by atoms with van der Waals surface area (Å²) in [5, 5.41) is 7.58. The highest BCUT2D eigenvalue weighted by Crippen LogP contribution is 2.20. The van der Waals surface area contributed by atoms with Gasteiger partial charge in [-0.2, -0.15) is 4.98 Å². The summed E-state index contributed by atoms with van der Waals surface area (Å²) in [6.45, 7) is 5.77. The number of aryl methyl sites for hydroxylation is 1. The predicted molar refractivity (Wildman–Crippen MR) is 137 cm³/mol. The van der Waals surface area contributed by atoms with Crippen molar-refractivity contribution in [2.45, 2.75) is 51.6 Å². The van der Waals surface area contributed by atoms with Gasteiger partial charge in [-0.3, -0.25) is 4.99 Å². The van der Waals surface area contributed by atoms with E-state index in [-0.39, 0.29) is 24.0 Å². The van der Waals surface area contributed by atoms with Crippen LogP contribution in [0.2, 0.25) is 0 Å². The molecule has 0 spiro atoms. The Morgan fingerprint density at radius 2 is 1.94 bits per heavy atom. The second-order valence-corrected chi connectivity index (χ2v) is 7.67. The number of likely N-dealkylation sites (tertiary alicyclic amines) is 1. The van der Waals surface area contributed by atoms with E-state index >= 15 is 0 Å². The van der Waals surface area contributed by atoms with Crippen molar-refractivity contribution in [2.75, 3.05) is 40.4 Å². The molecular weight excluding hydrogens is 521 g/mol. The lowest BCUT2D eigenvalue weighted by atomic mass is 10.1. The molecule has 0 radical (unpaired) electrons. The molecule has 0 amide bonds. The fourth-order valence-electron chi connectivity index (χ4n) is 3.79. The summed E-state index contributed by atoms with van der Waals surface area (Å²) in [6.07, 6.45) is 6.51. The number of piperidine rings is 1. The van der Waals surface area contributed by atoms with Gasteiger partial charge in [0.1, 0.15) is 5.75 Å². The fourth-order valence-corrected chi connectivity index (χ4v) is 3.79. The van der Waals surface area contributed by atoms with Crippen molar-refractivity contribution in [3.05, 3.63) is 30.2 Å². The largest absolute Gasteiger partial charge is 0.497 e. The summed E-state index contributed by atoms with van der Waals surface area (Å²) >= 11 is 0. The summed E-state index contributed by atoms with van der Waals surface area (Å²) in [5.41, 5.74) is 0.927. The number of unbranched alkanes of at least 4 members (excludes halogenated alkanes) is 2. The van der Waals surface area contributed by atoms with Gasteiger partial charge in [0.15, 0.2) is 5.96 Å². The zero-order valence-electron chi connectivity index (χ0n) is 19.4. The molecule has 3 rings (SSSR count). The van der Waals surface area contributed by atoms with Crippen molar-refractivity contribution in [3.63, 3.8) is 0 Å². The van der Waals surface area contributed by atoms with Crippen LogP contribution in [0.5, 0.6) is 5.75 Å². The lowest BCUT2D eigenvalue weighted by molar-refractivity contribution is 0.0264. The molecule has 1 aliphatic heterocycles. The Hall–Kier alpha value is -1.88. The van der Waals surface area contributed by atoms with Gasteiger partial charge in [-0.15, -0.1) is 24.0 Å². The molecule has 1 aromatic heterocycles. The van der Waals surface area contributed by atoms with Gasteiger partial charge in [0.05, 0.1) is 13.2 Å². The molecule has 178 valence electrons. The molecule has 8 nitrogen and oxygen atoms in total. The molecule has 0 bridgehead atoms. The third-order valence-electron chi connectivity index (χ3n) is 5.52. The summed E-state index contributed by atoms with van der Waals surface area (Å²) in [7, 11) is 3.51. The number of nitrogens with one attached hydrogen (secondary N) is 1. The van der Waals surface area contributed by atoms with Crippen LogP contribution in [-0.4, -0.2) is 67.5 Å². The molecule has 0 atom stereocenters. The molecule has 9 heteroatoms. The number of aromatic nitrogens is 2. The van der Waals surface area contributed by atoms with Crippen LogP contribution in [0.3, 0.4) is 0 Å². The molecule has 0 saturated carbocycles. The molecule has 1 N–H and O–H groups in total. The molecule has 1 saturated heterocycles. The lowest BCUT2D eigenvalue weighted by Crippen LogP contribution is -2.47. The number of ether oxygens (including phenoxy) is 2. The maximum absolute atomic E-state index is 5.73. The minimum absolute atomic E-state index is 0. The molecule has 0 aliphatic carbocycles. The van der Waals surface area contributed by atoms with Gasteiger partial charge in [-0.1, -0.05) is 11.6 Å². The Morgan fingerprint density at radius 1 is 1.19 bits per heavy atom. The number of hydrogen-bond acceptors (Lipinski definition) is 6. The monoisotopic (exact) mass is 557 g/mol. The van der Waals surface area contributed by atoms with E-state index in [1.807, 2.05) is 31.3 Å². The zero-order valence-corrected chi connectivity index (χ0v) is 21.7. The molecular formula is C23H36IN5O3. The number of methoxy groups -OCH3 is 1. The molecule has 2 aromatic rings. The number of hydrogen-bond donors (Lipinski definition) is 1. The van der Waals surface area contributed by atoms with Crippen molar-refractivity contribution in [3.8, 4) is 17.1 Å². The van der Waals surface area contributed by atoms with Crippen LogP contribution in [0.25, 0.3) is 11.4 Å². The molecule has 1 aliphatic rings. The molecule has 1 aromatic carbocycles. The normalized spacial score (nSPS) is 14.8. The lowest BCUT2D eigenvalue weighted by Gasteiger charge is -2.34. The number of rotatable bonds is 10. The van der Waals surface area contributed by atoms with Crippen molar-refractivity contribution >= 4 is 29.9 Å². The van der Waals surface area contributed by atoms with E-state index in [0.717, 1.165) is 82.0 Å². The third-order valence-corrected chi connectivity index (χ3v) is 5.52. The van der Waals surface area contributed by atoms with E-state index in [2.05, 4.69) is 32.3 Å². The number of guanidine groups is 1. The molecule has 32 heavy (non-hydrogen) atoms. The number of nitrogens with zero attached hydrogens (tertiary/aromatic N) is 4. The van der Waals surface area contributed by atoms with E-state index < -0.39 is 0 Å². The average molecular weight is 557 g/mol. The van der Waals surface area contributed by atoms with E-state index in [1.165, 1.54) is 0 Å². The summed E-state index contributed by atoms with van der Waals surface area (Å²) in [5.74, 6) is 3.12. The smallest absolute Gasteiger partial charge is 0.226 e. The average Bonchev–Trinajstić information content (AvgIpc) is 3.28. The van der Waals surface area contributed by atoms with Gasteiger partial charge in [0, 0.05) is 45.3 Å². The predicted octanol–water partition coefficient (Wildman–Crippen LogP) is 4.15. The second kappa shape index (κ2) is 14.3. The first kappa shape index (κ1) is 26.4. The summed E-state index contributed by atoms with van der Waals surface area (Å²) in [4.78, 5) is 11.3. The van der Waals surface area contributed by atoms with Crippen molar-refractivity contribution in [1.29, 1.82) is 0 Å². The van der Waals surface area contributed by atoms with E-state index in [9.17, 15) is 0 Å².